The number of nitrogens with one attached hydrogen (secondary N) is 2. The van der Waals surface area contributed by atoms with Gasteiger partial charge in [-0.05, 0) is 50.7 Å². The predicted molar refractivity (Wildman–Crippen MR) is 196 cm³/mol. The van der Waals surface area contributed by atoms with Crippen LogP contribution in [0.3, 0.4) is 0 Å². The van der Waals surface area contributed by atoms with Gasteiger partial charge in [0, 0.05) is 31.3 Å². The van der Waals surface area contributed by atoms with Gasteiger partial charge in [0.2, 0.25) is 5.91 Å². The molecule has 0 aliphatic carbocycles. The van der Waals surface area contributed by atoms with Gasteiger partial charge in [0.05, 0.1) is 53.6 Å². The molecule has 1 aromatic carbocycles. The van der Waals surface area contributed by atoms with Crippen molar-refractivity contribution in [1.82, 2.24) is 34.9 Å². The number of unbranched alkanes of at least 4 members (excludes halogenated alkanes) is 1. The molecular formula is C39H48N8O5. The summed E-state index contributed by atoms with van der Waals surface area (Å²) < 4.78 is 13.1. The number of rotatable bonds is 15. The predicted octanol–water partition coefficient (Wildman–Crippen LogP) is 5.95. The van der Waals surface area contributed by atoms with Crippen molar-refractivity contribution in [2.24, 2.45) is 5.41 Å². The Labute approximate surface area is 304 Å². The van der Waals surface area contributed by atoms with E-state index in [0.717, 1.165) is 30.4 Å². The minimum Gasteiger partial charge on any atom is -0.494 e. The molecule has 0 atom stereocenters. The number of amides is 2. The smallest absolute Gasteiger partial charge is 0.295 e. The summed E-state index contributed by atoms with van der Waals surface area (Å²) in [5.74, 6) is -0.425. The number of pyridine rings is 1. The van der Waals surface area contributed by atoms with Crippen molar-refractivity contribution < 1.29 is 23.9 Å². The maximum absolute atomic E-state index is 13.7. The Morgan fingerprint density at radius 1 is 1.06 bits per heavy atom. The van der Waals surface area contributed by atoms with E-state index < -0.39 is 17.1 Å². The lowest BCUT2D eigenvalue weighted by Crippen LogP contribution is -2.40. The third-order valence-electron chi connectivity index (χ3n) is 9.63. The number of aromatic amines is 1. The second kappa shape index (κ2) is 16.3. The molecule has 0 radical (unpaired) electrons. The summed E-state index contributed by atoms with van der Waals surface area (Å²) in [7, 11) is 1.47. The van der Waals surface area contributed by atoms with Crippen LogP contribution in [-0.4, -0.2) is 79.6 Å². The number of likely N-dealkylation sites (tertiary alicyclic amines) is 1. The Hall–Kier alpha value is -5.35. The van der Waals surface area contributed by atoms with Gasteiger partial charge in [0.1, 0.15) is 12.1 Å². The fourth-order valence-corrected chi connectivity index (χ4v) is 6.30. The van der Waals surface area contributed by atoms with Gasteiger partial charge in [-0.25, -0.2) is 14.6 Å². The average molecular weight is 709 g/mol. The number of aromatic nitrogens is 5. The minimum absolute atomic E-state index is 0.105. The number of hydrogen-bond acceptors (Lipinski definition) is 9. The van der Waals surface area contributed by atoms with Gasteiger partial charge in [-0.1, -0.05) is 63.9 Å². The van der Waals surface area contributed by atoms with Crippen LogP contribution in [0.5, 0.6) is 5.75 Å². The molecule has 13 heteroatoms. The number of fused-ring (bicyclic) bond motifs is 1. The van der Waals surface area contributed by atoms with Gasteiger partial charge in [-0.3, -0.25) is 14.4 Å². The lowest BCUT2D eigenvalue weighted by Gasteiger charge is -2.29. The SMILES string of the molecule is CCCCC(C)(C)OCCC(C)(C)C(=O)NCc1ncn(-c2ncc(OC)c3c(C(=O)C(=O)N4CCC(=C(C#N)c5ccccc5)CC4)c[nH]c23)n1. The van der Waals surface area contributed by atoms with Gasteiger partial charge >= 0.3 is 0 Å². The summed E-state index contributed by atoms with van der Waals surface area (Å²) in [6.07, 6.45) is 9.16. The summed E-state index contributed by atoms with van der Waals surface area (Å²) >= 11 is 0. The topological polar surface area (TPSA) is 168 Å². The number of benzene rings is 1. The summed E-state index contributed by atoms with van der Waals surface area (Å²) in [6, 6.07) is 11.8. The van der Waals surface area contributed by atoms with Crippen molar-refractivity contribution in [2.45, 2.75) is 85.3 Å². The molecule has 1 saturated heterocycles. The largest absolute Gasteiger partial charge is 0.494 e. The lowest BCUT2D eigenvalue weighted by molar-refractivity contribution is -0.131. The maximum Gasteiger partial charge on any atom is 0.295 e. The molecule has 0 saturated carbocycles. The normalized spacial score (nSPS) is 13.6. The van der Waals surface area contributed by atoms with Crippen molar-refractivity contribution in [3.63, 3.8) is 0 Å². The number of ketones is 1. The molecular weight excluding hydrogens is 660 g/mol. The first-order valence-corrected chi connectivity index (χ1v) is 17.8. The molecule has 1 aliphatic rings. The zero-order valence-corrected chi connectivity index (χ0v) is 30.9. The highest BCUT2D eigenvalue weighted by Crippen LogP contribution is 2.33. The summed E-state index contributed by atoms with van der Waals surface area (Å²) in [5.41, 5.74) is 2.12. The van der Waals surface area contributed by atoms with Gasteiger partial charge in [0.15, 0.2) is 11.6 Å². The van der Waals surface area contributed by atoms with Crippen LogP contribution in [0.15, 0.2) is 54.6 Å². The molecule has 52 heavy (non-hydrogen) atoms. The number of nitrogens with zero attached hydrogens (tertiary/aromatic N) is 6. The molecule has 4 aromatic rings. The van der Waals surface area contributed by atoms with Crippen molar-refractivity contribution in [3.8, 4) is 17.6 Å². The zero-order valence-electron chi connectivity index (χ0n) is 30.9. The van der Waals surface area contributed by atoms with Crippen LogP contribution in [0.1, 0.15) is 94.9 Å². The van der Waals surface area contributed by atoms with E-state index in [-0.39, 0.29) is 23.6 Å². The monoisotopic (exact) mass is 708 g/mol. The number of methoxy groups -OCH3 is 1. The summed E-state index contributed by atoms with van der Waals surface area (Å²) in [6.45, 7) is 11.3. The van der Waals surface area contributed by atoms with Crippen molar-refractivity contribution in [1.29, 1.82) is 5.26 Å². The molecule has 3 aromatic heterocycles. The van der Waals surface area contributed by atoms with Crippen molar-refractivity contribution >= 4 is 34.1 Å². The second-order valence-corrected chi connectivity index (χ2v) is 14.3. The number of nitriles is 1. The first kappa shape index (κ1) is 37.9. The number of H-pyrrole nitrogens is 1. The zero-order chi connectivity index (χ0) is 37.5. The molecule has 1 aliphatic heterocycles. The quantitative estimate of drug-likeness (QED) is 0.0861. The second-order valence-electron chi connectivity index (χ2n) is 14.3. The fraction of sp³-hybridized carbons (Fsp3) is 0.462. The Morgan fingerprint density at radius 2 is 1.79 bits per heavy atom. The van der Waals surface area contributed by atoms with Crippen LogP contribution in [0.25, 0.3) is 22.3 Å². The highest BCUT2D eigenvalue weighted by Gasteiger charge is 2.31. The number of Topliss-reactive ketones (excluding diaryl/α,β-unsaturated/α-hetero) is 1. The van der Waals surface area contributed by atoms with Gasteiger partial charge in [-0.2, -0.15) is 5.26 Å². The van der Waals surface area contributed by atoms with E-state index >= 15 is 0 Å². The van der Waals surface area contributed by atoms with Gasteiger partial charge in [0.25, 0.3) is 11.7 Å². The molecule has 1 fully saturated rings. The van der Waals surface area contributed by atoms with E-state index in [9.17, 15) is 19.6 Å². The van der Waals surface area contributed by atoms with Gasteiger partial charge < -0.3 is 24.7 Å². The molecule has 2 N–H and O–H groups in total. The third kappa shape index (κ3) is 8.57. The Morgan fingerprint density at radius 3 is 2.46 bits per heavy atom. The summed E-state index contributed by atoms with van der Waals surface area (Å²) in [4.78, 5) is 53.8. The lowest BCUT2D eigenvalue weighted by atomic mass is 9.88. The van der Waals surface area contributed by atoms with Crippen molar-refractivity contribution in [3.05, 3.63) is 71.6 Å². The molecule has 2 amide bonds. The van der Waals surface area contributed by atoms with E-state index in [4.69, 9.17) is 9.47 Å². The molecule has 0 spiro atoms. The number of allylic oxidation sites excluding steroid dienone is 1. The maximum atomic E-state index is 13.7. The standard InChI is InChI=1S/C39H48N8O5/c1-7-8-16-39(4,5)52-20-17-38(2,3)37(50)43-24-31-44-25-47(45-31)35-33-32(30(51-6)23-42-35)29(22-41-33)34(48)36(49)46-18-14-27(15-19-46)28(21-40)26-12-10-9-11-13-26/h9-13,22-23,25,41H,7-8,14-20,24H2,1-6H3,(H,43,50). The van der Waals surface area contributed by atoms with Crippen LogP contribution in [0.4, 0.5) is 0 Å². The number of hydrogen-bond donors (Lipinski definition) is 2. The van der Waals surface area contributed by atoms with Crippen LogP contribution in [-0.2, 0) is 20.9 Å². The fourth-order valence-electron chi connectivity index (χ4n) is 6.30. The summed E-state index contributed by atoms with van der Waals surface area (Å²) in [5, 5.41) is 17.7. The minimum atomic E-state index is -0.683. The molecule has 5 rings (SSSR count). The highest BCUT2D eigenvalue weighted by atomic mass is 16.5. The third-order valence-corrected chi connectivity index (χ3v) is 9.63. The highest BCUT2D eigenvalue weighted by molar-refractivity contribution is 6.45. The molecule has 274 valence electrons. The van der Waals surface area contributed by atoms with Crippen molar-refractivity contribution in [2.75, 3.05) is 26.8 Å². The van der Waals surface area contributed by atoms with E-state index in [1.54, 1.807) is 0 Å². The van der Waals surface area contributed by atoms with Crippen LogP contribution < -0.4 is 10.1 Å². The average Bonchev–Trinajstić information content (AvgIpc) is 3.81. The number of piperidine rings is 1. The molecule has 0 bridgehead atoms. The van der Waals surface area contributed by atoms with Gasteiger partial charge in [-0.15, -0.1) is 5.10 Å². The number of carbonyl (C=O) groups excluding carboxylic acids is 3. The van der Waals surface area contributed by atoms with E-state index in [1.807, 2.05) is 44.2 Å². The van der Waals surface area contributed by atoms with Crippen LogP contribution in [0, 0.1) is 16.7 Å². The number of ether oxygens (including phenoxy) is 2. The first-order chi connectivity index (χ1) is 24.9. The first-order valence-electron chi connectivity index (χ1n) is 17.8. The molecule has 4 heterocycles. The molecule has 0 unspecified atom stereocenters. The van der Waals surface area contributed by atoms with E-state index in [0.29, 0.717) is 72.8 Å². The van der Waals surface area contributed by atoms with Crippen LogP contribution >= 0.6 is 0 Å². The Balaban J connectivity index is 1.25. The van der Waals surface area contributed by atoms with E-state index in [2.05, 4.69) is 52.2 Å². The molecule has 13 nitrogen and oxygen atoms in total. The van der Waals surface area contributed by atoms with E-state index in [1.165, 1.54) is 35.4 Å². The number of carbonyl (C=O) groups is 3. The Bertz CT molecular complexity index is 1980. The Kier molecular flexibility index (Phi) is 11.9. The van der Waals surface area contributed by atoms with Crippen LogP contribution in [0.2, 0.25) is 0 Å².